The second-order valence-corrected chi connectivity index (χ2v) is 4.16. The van der Waals surface area contributed by atoms with E-state index in [9.17, 15) is 0 Å². The third-order valence-electron chi connectivity index (χ3n) is 2.33. The monoisotopic (exact) mass is 205 g/mol. The van der Waals surface area contributed by atoms with Crippen LogP contribution in [0.3, 0.4) is 0 Å². The molecule has 1 heterocycles. The van der Waals surface area contributed by atoms with Crippen molar-refractivity contribution in [1.29, 1.82) is 0 Å². The van der Waals surface area contributed by atoms with E-state index >= 15 is 0 Å². The van der Waals surface area contributed by atoms with Gasteiger partial charge in [0.25, 0.3) is 0 Å². The molecule has 0 N–H and O–H groups in total. The largest absolute Gasteiger partial charge is 0.254 e. The second kappa shape index (κ2) is 3.58. The van der Waals surface area contributed by atoms with Crippen LogP contribution in [0.25, 0.3) is 10.9 Å². The van der Waals surface area contributed by atoms with Crippen LogP contribution >= 0.6 is 11.6 Å². The Morgan fingerprint density at radius 3 is 2.79 bits per heavy atom. The summed E-state index contributed by atoms with van der Waals surface area (Å²) in [6, 6.07) is 8.17. The van der Waals surface area contributed by atoms with Gasteiger partial charge in [0.15, 0.2) is 0 Å². The third-order valence-corrected chi connectivity index (χ3v) is 2.54. The highest BCUT2D eigenvalue weighted by Gasteiger charge is 2.05. The predicted octanol–water partition coefficient (Wildman–Crippen LogP) is 4.01. The molecule has 0 saturated carbocycles. The van der Waals surface area contributed by atoms with Crippen LogP contribution in [0.1, 0.15) is 25.3 Å². The molecule has 0 aliphatic carbocycles. The van der Waals surface area contributed by atoms with E-state index < -0.39 is 0 Å². The second-order valence-electron chi connectivity index (χ2n) is 3.73. The number of para-hydroxylation sites is 1. The molecule has 0 bridgehead atoms. The van der Waals surface area contributed by atoms with Gasteiger partial charge in [0, 0.05) is 11.6 Å². The Bertz CT molecular complexity index is 463. The summed E-state index contributed by atoms with van der Waals surface area (Å²) in [4.78, 5) is 4.37. The molecule has 2 rings (SSSR count). The van der Waals surface area contributed by atoms with Gasteiger partial charge in [0.2, 0.25) is 0 Å². The van der Waals surface area contributed by atoms with E-state index in [1.807, 2.05) is 12.1 Å². The standard InChI is InChI=1S/C12H12ClN/c1-8(2)11-5-3-4-9-6-10(13)7-14-12(9)11/h3-8H,1-2H3. The molecule has 0 aliphatic rings. The SMILES string of the molecule is CC(C)c1cccc2cc(Cl)cnc12. The Morgan fingerprint density at radius 1 is 1.29 bits per heavy atom. The van der Waals surface area contributed by atoms with E-state index in [0.29, 0.717) is 10.9 Å². The number of rotatable bonds is 1. The molecule has 0 spiro atoms. The first-order valence-electron chi connectivity index (χ1n) is 4.72. The van der Waals surface area contributed by atoms with E-state index in [1.165, 1.54) is 5.56 Å². The number of hydrogen-bond donors (Lipinski definition) is 0. The summed E-state index contributed by atoms with van der Waals surface area (Å²) in [5.41, 5.74) is 2.34. The molecule has 1 aromatic carbocycles. The lowest BCUT2D eigenvalue weighted by Gasteiger charge is -2.08. The van der Waals surface area contributed by atoms with Gasteiger partial charge in [0.05, 0.1) is 10.5 Å². The van der Waals surface area contributed by atoms with Crippen molar-refractivity contribution in [2.24, 2.45) is 0 Å². The Labute approximate surface area is 88.7 Å². The van der Waals surface area contributed by atoms with E-state index in [-0.39, 0.29) is 0 Å². The smallest absolute Gasteiger partial charge is 0.0737 e. The fourth-order valence-electron chi connectivity index (χ4n) is 1.62. The normalized spacial score (nSPS) is 11.1. The van der Waals surface area contributed by atoms with Crippen molar-refractivity contribution in [3.63, 3.8) is 0 Å². The predicted molar refractivity (Wildman–Crippen MR) is 60.8 cm³/mol. The first kappa shape index (κ1) is 9.47. The van der Waals surface area contributed by atoms with Gasteiger partial charge in [-0.3, -0.25) is 4.98 Å². The van der Waals surface area contributed by atoms with Crippen LogP contribution in [0, 0.1) is 0 Å². The molecular weight excluding hydrogens is 194 g/mol. The Hall–Kier alpha value is -1.08. The lowest BCUT2D eigenvalue weighted by atomic mass is 10.00. The lowest BCUT2D eigenvalue weighted by molar-refractivity contribution is 0.873. The highest BCUT2D eigenvalue weighted by Crippen LogP contribution is 2.25. The number of aromatic nitrogens is 1. The zero-order valence-corrected chi connectivity index (χ0v) is 9.05. The zero-order valence-electron chi connectivity index (χ0n) is 8.29. The number of nitrogens with zero attached hydrogens (tertiary/aromatic N) is 1. The molecule has 0 radical (unpaired) electrons. The molecule has 1 aromatic heterocycles. The topological polar surface area (TPSA) is 12.9 Å². The van der Waals surface area contributed by atoms with Crippen LogP contribution in [-0.4, -0.2) is 4.98 Å². The zero-order chi connectivity index (χ0) is 10.1. The van der Waals surface area contributed by atoms with Crippen LogP contribution in [0.5, 0.6) is 0 Å². The van der Waals surface area contributed by atoms with Crippen LogP contribution in [0.15, 0.2) is 30.5 Å². The molecule has 0 saturated heterocycles. The van der Waals surface area contributed by atoms with Crippen molar-refractivity contribution in [3.05, 3.63) is 41.0 Å². The van der Waals surface area contributed by atoms with Crippen molar-refractivity contribution < 1.29 is 0 Å². The average molecular weight is 206 g/mol. The van der Waals surface area contributed by atoms with Gasteiger partial charge in [-0.1, -0.05) is 43.6 Å². The van der Waals surface area contributed by atoms with Crippen molar-refractivity contribution >= 4 is 22.5 Å². The number of benzene rings is 1. The molecule has 0 aliphatic heterocycles. The van der Waals surface area contributed by atoms with Gasteiger partial charge in [0.1, 0.15) is 0 Å². The summed E-state index contributed by atoms with van der Waals surface area (Å²) in [5, 5.41) is 1.81. The van der Waals surface area contributed by atoms with Crippen molar-refractivity contribution in [2.45, 2.75) is 19.8 Å². The summed E-state index contributed by atoms with van der Waals surface area (Å²) in [6.07, 6.45) is 1.70. The van der Waals surface area contributed by atoms with Crippen LogP contribution < -0.4 is 0 Å². The van der Waals surface area contributed by atoms with Crippen molar-refractivity contribution in [2.75, 3.05) is 0 Å². The summed E-state index contributed by atoms with van der Waals surface area (Å²) in [7, 11) is 0. The van der Waals surface area contributed by atoms with Gasteiger partial charge >= 0.3 is 0 Å². The Kier molecular flexibility index (Phi) is 2.42. The number of hydrogen-bond acceptors (Lipinski definition) is 1. The van der Waals surface area contributed by atoms with Crippen LogP contribution in [-0.2, 0) is 0 Å². The Balaban J connectivity index is 2.75. The van der Waals surface area contributed by atoms with Crippen LogP contribution in [0.4, 0.5) is 0 Å². The van der Waals surface area contributed by atoms with Crippen LogP contribution in [0.2, 0.25) is 5.02 Å². The summed E-state index contributed by atoms with van der Waals surface area (Å²) < 4.78 is 0. The molecule has 14 heavy (non-hydrogen) atoms. The molecule has 72 valence electrons. The van der Waals surface area contributed by atoms with E-state index in [0.717, 1.165) is 10.9 Å². The van der Waals surface area contributed by atoms with Gasteiger partial charge in [-0.05, 0) is 17.5 Å². The quantitative estimate of drug-likeness (QED) is 0.686. The van der Waals surface area contributed by atoms with Gasteiger partial charge in [-0.15, -0.1) is 0 Å². The molecule has 0 atom stereocenters. The number of fused-ring (bicyclic) bond motifs is 1. The molecule has 0 amide bonds. The first-order chi connectivity index (χ1) is 6.68. The molecule has 1 nitrogen and oxygen atoms in total. The minimum Gasteiger partial charge on any atom is -0.254 e. The lowest BCUT2D eigenvalue weighted by Crippen LogP contribution is -1.91. The highest BCUT2D eigenvalue weighted by molar-refractivity contribution is 6.31. The molecule has 0 unspecified atom stereocenters. The van der Waals surface area contributed by atoms with E-state index in [2.05, 4.69) is 31.0 Å². The van der Waals surface area contributed by atoms with Gasteiger partial charge in [-0.2, -0.15) is 0 Å². The highest BCUT2D eigenvalue weighted by atomic mass is 35.5. The third kappa shape index (κ3) is 1.60. The van der Waals surface area contributed by atoms with E-state index in [1.54, 1.807) is 6.20 Å². The summed E-state index contributed by atoms with van der Waals surface area (Å²) >= 11 is 5.89. The average Bonchev–Trinajstić information content (AvgIpc) is 2.16. The van der Waals surface area contributed by atoms with Gasteiger partial charge < -0.3 is 0 Å². The maximum Gasteiger partial charge on any atom is 0.0737 e. The number of halogens is 1. The minimum atomic E-state index is 0.493. The summed E-state index contributed by atoms with van der Waals surface area (Å²) in [5.74, 6) is 0.493. The number of pyridine rings is 1. The molecule has 2 heteroatoms. The van der Waals surface area contributed by atoms with Gasteiger partial charge in [-0.25, -0.2) is 0 Å². The fourth-order valence-corrected chi connectivity index (χ4v) is 1.79. The maximum absolute atomic E-state index is 5.89. The molecule has 2 aromatic rings. The molecule has 0 fully saturated rings. The molecular formula is C12H12ClN. The fraction of sp³-hybridized carbons (Fsp3) is 0.250. The van der Waals surface area contributed by atoms with E-state index in [4.69, 9.17) is 11.6 Å². The van der Waals surface area contributed by atoms with Crippen molar-refractivity contribution in [1.82, 2.24) is 4.98 Å². The minimum absolute atomic E-state index is 0.493. The Morgan fingerprint density at radius 2 is 2.07 bits per heavy atom. The summed E-state index contributed by atoms with van der Waals surface area (Å²) in [6.45, 7) is 4.34. The maximum atomic E-state index is 5.89. The van der Waals surface area contributed by atoms with Crippen molar-refractivity contribution in [3.8, 4) is 0 Å². The first-order valence-corrected chi connectivity index (χ1v) is 5.10.